The minimum Gasteiger partial charge on any atom is -0.265 e. The SMILES string of the molecule is Cc1nn(-c2ccccc2)c(C)c1[P@](=Nc1ccc([N+](=O)[O-])cc1)(N1CCCC1)C(C)(C)C. The van der Waals surface area contributed by atoms with Gasteiger partial charge in [-0.15, -0.1) is 0 Å². The molecule has 1 fully saturated rings. The van der Waals surface area contributed by atoms with Gasteiger partial charge in [0.15, 0.2) is 0 Å². The fraction of sp³-hybridized carbons (Fsp3) is 0.400. The third-order valence-corrected chi connectivity index (χ3v) is 11.2. The normalized spacial score (nSPS) is 16.5. The Kier molecular flexibility index (Phi) is 6.30. The van der Waals surface area contributed by atoms with Crippen LogP contribution in [-0.4, -0.2) is 37.6 Å². The molecular formula is C25H32N5O2P. The average Bonchev–Trinajstić information content (AvgIpc) is 3.41. The summed E-state index contributed by atoms with van der Waals surface area (Å²) in [6.45, 7) is 13.0. The van der Waals surface area contributed by atoms with Gasteiger partial charge >= 0.3 is 0 Å². The summed E-state index contributed by atoms with van der Waals surface area (Å²) in [5.41, 5.74) is 4.01. The first-order chi connectivity index (χ1) is 15.6. The highest BCUT2D eigenvalue weighted by atomic mass is 31.2. The molecule has 0 unspecified atom stereocenters. The molecular weight excluding hydrogens is 433 g/mol. The van der Waals surface area contributed by atoms with Crippen molar-refractivity contribution in [2.24, 2.45) is 4.74 Å². The van der Waals surface area contributed by atoms with Crippen LogP contribution in [0.2, 0.25) is 0 Å². The maximum absolute atomic E-state index is 11.2. The van der Waals surface area contributed by atoms with Crippen molar-refractivity contribution in [2.45, 2.75) is 52.6 Å². The highest BCUT2D eigenvalue weighted by molar-refractivity contribution is 7.73. The van der Waals surface area contributed by atoms with Crippen LogP contribution in [0.1, 0.15) is 45.0 Å². The Labute approximate surface area is 195 Å². The van der Waals surface area contributed by atoms with Gasteiger partial charge in [0.2, 0.25) is 0 Å². The first-order valence-corrected chi connectivity index (χ1v) is 13.1. The number of rotatable bonds is 5. The molecule has 1 aliphatic rings. The molecule has 8 heteroatoms. The Hall–Kier alpha value is -2.76. The number of non-ortho nitro benzene ring substituents is 1. The van der Waals surface area contributed by atoms with Gasteiger partial charge in [-0.2, -0.15) is 5.10 Å². The van der Waals surface area contributed by atoms with Crippen molar-refractivity contribution in [2.75, 3.05) is 13.1 Å². The standard InChI is InChI=1S/C25H32N5O2P/c1-19-24(20(2)29(26-19)22-11-7-6-8-12-22)33(25(3,4)5,28-17-9-10-18-28)27-21-13-15-23(16-14-21)30(31)32/h6-8,11-16H,9-10,17-18H2,1-5H3/t33-/m0/s1. The summed E-state index contributed by atoms with van der Waals surface area (Å²) in [5, 5.41) is 17.2. The number of aromatic nitrogens is 2. The van der Waals surface area contributed by atoms with E-state index >= 15 is 0 Å². The Morgan fingerprint density at radius 1 is 1.00 bits per heavy atom. The van der Waals surface area contributed by atoms with Crippen LogP contribution in [0.4, 0.5) is 11.4 Å². The molecule has 0 radical (unpaired) electrons. The summed E-state index contributed by atoms with van der Waals surface area (Å²) in [7, 11) is -2.31. The van der Waals surface area contributed by atoms with Crippen LogP contribution in [0.3, 0.4) is 0 Å². The molecule has 0 amide bonds. The maximum atomic E-state index is 11.2. The van der Waals surface area contributed by atoms with Crippen molar-refractivity contribution in [3.8, 4) is 5.69 Å². The fourth-order valence-electron chi connectivity index (χ4n) is 4.87. The smallest absolute Gasteiger partial charge is 0.265 e. The summed E-state index contributed by atoms with van der Waals surface area (Å²) in [4.78, 5) is 10.8. The zero-order valence-electron chi connectivity index (χ0n) is 20.0. The van der Waals surface area contributed by atoms with E-state index < -0.39 is 7.21 Å². The molecule has 2 aromatic carbocycles. The number of para-hydroxylation sites is 1. The van der Waals surface area contributed by atoms with E-state index in [1.807, 2.05) is 22.9 Å². The van der Waals surface area contributed by atoms with E-state index in [4.69, 9.17) is 9.84 Å². The highest BCUT2D eigenvalue weighted by Crippen LogP contribution is 2.65. The Bertz CT molecular complexity index is 1200. The van der Waals surface area contributed by atoms with Gasteiger partial charge in [0.05, 0.1) is 40.2 Å². The third kappa shape index (κ3) is 4.16. The van der Waals surface area contributed by atoms with E-state index in [1.54, 1.807) is 24.3 Å². The van der Waals surface area contributed by atoms with E-state index in [2.05, 4.69) is 51.4 Å². The molecule has 0 bridgehead atoms. The second-order valence-electron chi connectivity index (χ2n) is 9.57. The van der Waals surface area contributed by atoms with Crippen molar-refractivity contribution in [1.82, 2.24) is 14.5 Å². The van der Waals surface area contributed by atoms with Crippen molar-refractivity contribution < 1.29 is 4.92 Å². The number of aryl methyl sites for hydroxylation is 1. The van der Waals surface area contributed by atoms with Crippen LogP contribution < -0.4 is 5.30 Å². The first-order valence-electron chi connectivity index (χ1n) is 11.4. The number of hydrogen-bond acceptors (Lipinski definition) is 4. The summed E-state index contributed by atoms with van der Waals surface area (Å²) in [6.07, 6.45) is 2.30. The van der Waals surface area contributed by atoms with E-state index in [1.165, 1.54) is 5.30 Å². The van der Waals surface area contributed by atoms with Crippen molar-refractivity contribution in [3.63, 3.8) is 0 Å². The molecule has 1 aliphatic heterocycles. The zero-order chi connectivity index (χ0) is 23.8. The quantitative estimate of drug-likeness (QED) is 0.249. The van der Waals surface area contributed by atoms with Gasteiger partial charge in [-0.05, 0) is 51.0 Å². The molecule has 1 atom stereocenters. The largest absolute Gasteiger partial charge is 0.269 e. The van der Waals surface area contributed by atoms with Crippen LogP contribution in [-0.2, 0) is 0 Å². The predicted octanol–water partition coefficient (Wildman–Crippen LogP) is 6.36. The van der Waals surface area contributed by atoms with Gasteiger partial charge < -0.3 is 0 Å². The monoisotopic (exact) mass is 465 g/mol. The van der Waals surface area contributed by atoms with Gasteiger partial charge in [0.1, 0.15) is 0 Å². The number of benzene rings is 2. The van der Waals surface area contributed by atoms with Crippen molar-refractivity contribution >= 4 is 23.9 Å². The second kappa shape index (κ2) is 8.88. The van der Waals surface area contributed by atoms with Crippen molar-refractivity contribution in [3.05, 3.63) is 76.1 Å². The number of nitrogens with zero attached hydrogens (tertiary/aromatic N) is 5. The van der Waals surface area contributed by atoms with Crippen LogP contribution in [0.5, 0.6) is 0 Å². The van der Waals surface area contributed by atoms with Gasteiger partial charge in [-0.3, -0.25) is 14.8 Å². The molecule has 1 saturated heterocycles. The molecule has 0 N–H and O–H groups in total. The lowest BCUT2D eigenvalue weighted by atomic mass is 10.3. The van der Waals surface area contributed by atoms with E-state index in [0.717, 1.165) is 48.7 Å². The number of nitro groups is 1. The van der Waals surface area contributed by atoms with Crippen LogP contribution in [0, 0.1) is 24.0 Å². The van der Waals surface area contributed by atoms with E-state index in [0.29, 0.717) is 0 Å². The molecule has 174 valence electrons. The molecule has 7 nitrogen and oxygen atoms in total. The molecule has 0 spiro atoms. The third-order valence-electron chi connectivity index (χ3n) is 6.31. The molecule has 3 aromatic rings. The first kappa shape index (κ1) is 23.4. The van der Waals surface area contributed by atoms with E-state index in [9.17, 15) is 10.1 Å². The number of hydrogen-bond donors (Lipinski definition) is 0. The second-order valence-corrected chi connectivity index (χ2v) is 13.3. The molecule has 0 saturated carbocycles. The van der Waals surface area contributed by atoms with Gasteiger partial charge in [0.25, 0.3) is 5.69 Å². The lowest BCUT2D eigenvalue weighted by Crippen LogP contribution is -2.36. The molecule has 2 heterocycles. The molecule has 33 heavy (non-hydrogen) atoms. The van der Waals surface area contributed by atoms with Crippen LogP contribution >= 0.6 is 7.21 Å². The Morgan fingerprint density at radius 2 is 1.61 bits per heavy atom. The fourth-order valence-corrected chi connectivity index (χ4v) is 9.57. The van der Waals surface area contributed by atoms with Gasteiger partial charge in [-0.25, -0.2) is 9.43 Å². The topological polar surface area (TPSA) is 76.6 Å². The predicted molar refractivity (Wildman–Crippen MR) is 135 cm³/mol. The summed E-state index contributed by atoms with van der Waals surface area (Å²) < 4.78 is 10.1. The number of nitro benzene ring substituents is 1. The minimum atomic E-state index is -2.31. The zero-order valence-corrected chi connectivity index (χ0v) is 20.9. The molecule has 4 rings (SSSR count). The van der Waals surface area contributed by atoms with E-state index in [-0.39, 0.29) is 15.8 Å². The van der Waals surface area contributed by atoms with Gasteiger partial charge in [-0.1, -0.05) is 39.0 Å². The Balaban J connectivity index is 2.02. The van der Waals surface area contributed by atoms with Crippen LogP contribution in [0.25, 0.3) is 5.69 Å². The maximum Gasteiger partial charge on any atom is 0.269 e. The average molecular weight is 466 g/mol. The summed E-state index contributed by atoms with van der Waals surface area (Å²) in [5.74, 6) is 0. The van der Waals surface area contributed by atoms with Crippen molar-refractivity contribution in [1.29, 1.82) is 0 Å². The summed E-state index contributed by atoms with van der Waals surface area (Å²) >= 11 is 0. The summed E-state index contributed by atoms with van der Waals surface area (Å²) in [6, 6.07) is 16.9. The van der Waals surface area contributed by atoms with Crippen LogP contribution in [0.15, 0.2) is 59.3 Å². The highest BCUT2D eigenvalue weighted by Gasteiger charge is 2.45. The molecule has 1 aromatic heterocycles. The molecule has 0 aliphatic carbocycles. The minimum absolute atomic E-state index is 0.0825. The Morgan fingerprint density at radius 3 is 2.15 bits per heavy atom. The van der Waals surface area contributed by atoms with Gasteiger partial charge in [0, 0.05) is 30.4 Å². The lowest BCUT2D eigenvalue weighted by Gasteiger charge is -2.44. The lowest BCUT2D eigenvalue weighted by molar-refractivity contribution is -0.384.